The van der Waals surface area contributed by atoms with E-state index in [2.05, 4.69) is 17.4 Å². The van der Waals surface area contributed by atoms with Crippen molar-refractivity contribution in [1.82, 2.24) is 4.72 Å². The fourth-order valence-corrected chi connectivity index (χ4v) is 2.32. The van der Waals surface area contributed by atoms with Gasteiger partial charge in [0.05, 0.1) is 6.04 Å². The minimum atomic E-state index is -1.38. The number of hydrogen-bond acceptors (Lipinski definition) is 8. The third kappa shape index (κ3) is 7.70. The van der Waals surface area contributed by atoms with Crippen molar-refractivity contribution in [3.8, 4) is 0 Å². The van der Waals surface area contributed by atoms with Crippen molar-refractivity contribution in [3.63, 3.8) is 0 Å². The van der Waals surface area contributed by atoms with Crippen LogP contribution in [0.3, 0.4) is 0 Å². The number of carbonyl (C=O) groups is 3. The van der Waals surface area contributed by atoms with E-state index in [0.29, 0.717) is 0 Å². The number of Topliss-reactive ketones (excluding diaryl/α,β-unsaturated/α-hetero) is 1. The highest BCUT2D eigenvalue weighted by atomic mass is 32.2. The van der Waals surface area contributed by atoms with E-state index in [9.17, 15) is 19.5 Å². The average molecular weight is 326 g/mol. The van der Waals surface area contributed by atoms with Gasteiger partial charge in [0.1, 0.15) is 12.1 Å². The first-order valence-electron chi connectivity index (χ1n) is 5.69. The second-order valence-corrected chi connectivity index (χ2v) is 5.18. The number of nitrogens with two attached hydrogens (primary N) is 1. The Bertz CT molecular complexity index is 355. The molecule has 0 aliphatic rings. The first-order valence-corrected chi connectivity index (χ1v) is 7.31. The molecule has 0 aromatic carbocycles. The first kappa shape index (κ1) is 19.2. The summed E-state index contributed by atoms with van der Waals surface area (Å²) in [5.41, 5.74) is 5.46. The van der Waals surface area contributed by atoms with Crippen molar-refractivity contribution in [2.75, 3.05) is 11.5 Å². The van der Waals surface area contributed by atoms with Gasteiger partial charge in [-0.15, -0.1) is 0 Å². The minimum Gasteiger partial charge on any atom is -0.481 e. The molecule has 3 atom stereocenters. The molecule has 0 fully saturated rings. The standard InChI is InChI=1S/C10H18N2O6S2/c11-5(1-2-8(14)15)9(16)7(13)4-20-12-6(3-19)10(17)18/h5-7,12-13,19H,1-4,11H2,(H,14,15)(H,17,18)/t5-,6-,7?/m0/s1. The molecule has 10 heteroatoms. The number of rotatable bonds is 11. The molecule has 0 aromatic heterocycles. The van der Waals surface area contributed by atoms with Crippen LogP contribution in [0.2, 0.25) is 0 Å². The number of ketones is 1. The molecular weight excluding hydrogens is 308 g/mol. The molecule has 0 aliphatic carbocycles. The van der Waals surface area contributed by atoms with Gasteiger partial charge in [-0.05, 0) is 6.42 Å². The fourth-order valence-electron chi connectivity index (χ4n) is 1.14. The van der Waals surface area contributed by atoms with Gasteiger partial charge in [-0.1, -0.05) is 11.9 Å². The van der Waals surface area contributed by atoms with E-state index in [1.807, 2.05) is 0 Å². The summed E-state index contributed by atoms with van der Waals surface area (Å²) in [4.78, 5) is 32.6. The lowest BCUT2D eigenvalue weighted by Gasteiger charge is -2.16. The molecule has 0 bridgehead atoms. The summed E-state index contributed by atoms with van der Waals surface area (Å²) in [7, 11) is 0. The SMILES string of the molecule is N[C@@H](CCC(=O)O)C(=O)C(O)CSN[C@@H](CS)C(=O)O. The van der Waals surface area contributed by atoms with Crippen molar-refractivity contribution in [3.05, 3.63) is 0 Å². The van der Waals surface area contributed by atoms with E-state index in [1.54, 1.807) is 0 Å². The molecule has 1 unspecified atom stereocenters. The second kappa shape index (κ2) is 10.00. The molecule has 20 heavy (non-hydrogen) atoms. The number of aliphatic hydroxyl groups excluding tert-OH is 1. The fraction of sp³-hybridized carbons (Fsp3) is 0.700. The van der Waals surface area contributed by atoms with Gasteiger partial charge in [0.2, 0.25) is 0 Å². The summed E-state index contributed by atoms with van der Waals surface area (Å²) in [5, 5.41) is 26.8. The molecule has 0 radical (unpaired) electrons. The molecule has 8 nitrogen and oxygen atoms in total. The van der Waals surface area contributed by atoms with Gasteiger partial charge >= 0.3 is 11.9 Å². The van der Waals surface area contributed by atoms with Crippen LogP contribution in [-0.4, -0.2) is 62.7 Å². The molecule has 0 saturated carbocycles. The predicted octanol–water partition coefficient (Wildman–Crippen LogP) is -1.27. The number of aliphatic carboxylic acids is 2. The lowest BCUT2D eigenvalue weighted by molar-refractivity contribution is -0.139. The summed E-state index contributed by atoms with van der Waals surface area (Å²) >= 11 is 4.71. The zero-order valence-electron chi connectivity index (χ0n) is 10.6. The van der Waals surface area contributed by atoms with Crippen LogP contribution in [0.15, 0.2) is 0 Å². The van der Waals surface area contributed by atoms with E-state index < -0.39 is 35.9 Å². The monoisotopic (exact) mass is 326 g/mol. The molecule has 116 valence electrons. The highest BCUT2D eigenvalue weighted by molar-refractivity contribution is 7.97. The Labute approximate surface area is 125 Å². The van der Waals surface area contributed by atoms with Crippen molar-refractivity contribution in [2.24, 2.45) is 5.73 Å². The van der Waals surface area contributed by atoms with Crippen LogP contribution in [0.5, 0.6) is 0 Å². The molecule has 0 heterocycles. The second-order valence-electron chi connectivity index (χ2n) is 3.96. The summed E-state index contributed by atoms with van der Waals surface area (Å²) in [6.45, 7) is 0. The number of hydrogen-bond donors (Lipinski definition) is 6. The molecular formula is C10H18N2O6S2. The minimum absolute atomic E-state index is 0.0578. The summed E-state index contributed by atoms with van der Waals surface area (Å²) in [5.74, 6) is -2.86. The topological polar surface area (TPSA) is 150 Å². The van der Waals surface area contributed by atoms with Gasteiger partial charge in [-0.3, -0.25) is 14.4 Å². The van der Waals surface area contributed by atoms with Crippen LogP contribution >= 0.6 is 24.6 Å². The van der Waals surface area contributed by atoms with E-state index >= 15 is 0 Å². The number of carbonyl (C=O) groups excluding carboxylic acids is 1. The number of aliphatic hydroxyl groups is 1. The van der Waals surface area contributed by atoms with Crippen LogP contribution in [0.25, 0.3) is 0 Å². The van der Waals surface area contributed by atoms with Crippen molar-refractivity contribution in [2.45, 2.75) is 31.0 Å². The molecule has 0 saturated heterocycles. The summed E-state index contributed by atoms with van der Waals surface area (Å²) < 4.78 is 2.54. The molecule has 0 aliphatic heterocycles. The smallest absolute Gasteiger partial charge is 0.322 e. The van der Waals surface area contributed by atoms with Crippen LogP contribution in [0.1, 0.15) is 12.8 Å². The third-order valence-electron chi connectivity index (χ3n) is 2.31. The van der Waals surface area contributed by atoms with E-state index in [-0.39, 0.29) is 24.3 Å². The Balaban J connectivity index is 4.07. The van der Waals surface area contributed by atoms with E-state index in [1.165, 1.54) is 0 Å². The van der Waals surface area contributed by atoms with E-state index in [0.717, 1.165) is 11.9 Å². The highest BCUT2D eigenvalue weighted by Crippen LogP contribution is 2.06. The maximum Gasteiger partial charge on any atom is 0.322 e. The number of carboxylic acids is 2. The average Bonchev–Trinajstić information content (AvgIpc) is 2.39. The zero-order valence-corrected chi connectivity index (χ0v) is 12.3. The Morgan fingerprint density at radius 3 is 2.35 bits per heavy atom. The first-order chi connectivity index (χ1) is 9.29. The van der Waals surface area contributed by atoms with Crippen molar-refractivity contribution in [1.29, 1.82) is 0 Å². The van der Waals surface area contributed by atoms with Gasteiger partial charge < -0.3 is 21.1 Å². The van der Waals surface area contributed by atoms with Crippen LogP contribution in [-0.2, 0) is 14.4 Å². The van der Waals surface area contributed by atoms with Gasteiger partial charge in [0, 0.05) is 17.9 Å². The third-order valence-corrected chi connectivity index (χ3v) is 3.61. The van der Waals surface area contributed by atoms with E-state index in [4.69, 9.17) is 15.9 Å². The quantitative estimate of drug-likeness (QED) is 0.202. The number of nitrogens with one attached hydrogen (secondary N) is 1. The highest BCUT2D eigenvalue weighted by Gasteiger charge is 2.23. The number of carboxylic acid groups (broad SMARTS) is 2. The Hall–Kier alpha value is -0.810. The number of thiol groups is 1. The Morgan fingerprint density at radius 2 is 1.90 bits per heavy atom. The van der Waals surface area contributed by atoms with Crippen LogP contribution < -0.4 is 10.5 Å². The molecule has 0 rings (SSSR count). The Morgan fingerprint density at radius 1 is 1.30 bits per heavy atom. The molecule has 6 N–H and O–H groups in total. The van der Waals surface area contributed by atoms with Crippen LogP contribution in [0, 0.1) is 0 Å². The molecule has 0 aromatic rings. The largest absolute Gasteiger partial charge is 0.481 e. The predicted molar refractivity (Wildman–Crippen MR) is 76.7 cm³/mol. The lowest BCUT2D eigenvalue weighted by Crippen LogP contribution is -2.41. The van der Waals surface area contributed by atoms with Crippen LogP contribution in [0.4, 0.5) is 0 Å². The summed E-state index contributed by atoms with van der Waals surface area (Å²) in [6, 6.07) is -1.95. The lowest BCUT2D eigenvalue weighted by atomic mass is 10.0. The van der Waals surface area contributed by atoms with Gasteiger partial charge in [-0.25, -0.2) is 4.72 Å². The van der Waals surface area contributed by atoms with Crippen molar-refractivity contribution >= 4 is 42.3 Å². The maximum absolute atomic E-state index is 11.6. The molecule has 0 amide bonds. The van der Waals surface area contributed by atoms with Gasteiger partial charge in [-0.2, -0.15) is 12.6 Å². The van der Waals surface area contributed by atoms with Gasteiger partial charge in [0.25, 0.3) is 0 Å². The van der Waals surface area contributed by atoms with Gasteiger partial charge in [0.15, 0.2) is 5.78 Å². The zero-order chi connectivity index (χ0) is 15.7. The summed E-state index contributed by atoms with van der Waals surface area (Å²) in [6.07, 6.45) is -1.70. The maximum atomic E-state index is 11.6. The molecule has 0 spiro atoms. The van der Waals surface area contributed by atoms with Crippen molar-refractivity contribution < 1.29 is 29.7 Å². The Kier molecular flexibility index (Phi) is 9.59. The normalized spacial score (nSPS) is 15.3.